The topological polar surface area (TPSA) is 29.9 Å². The first-order valence-corrected chi connectivity index (χ1v) is 7.04. The smallest absolute Gasteiger partial charge is 0.0624 e. The number of nitrogens with one attached hydrogen (secondary N) is 1. The molecule has 0 saturated carbocycles. The van der Waals surface area contributed by atoms with E-state index in [9.17, 15) is 0 Å². The van der Waals surface area contributed by atoms with Gasteiger partial charge in [0.2, 0.25) is 0 Å². The van der Waals surface area contributed by atoms with Crippen LogP contribution in [0.3, 0.4) is 0 Å². The molecule has 3 nitrogen and oxygen atoms in total. The van der Waals surface area contributed by atoms with Crippen molar-refractivity contribution >= 4 is 0 Å². The number of benzene rings is 1. The van der Waals surface area contributed by atoms with Crippen LogP contribution in [0.15, 0.2) is 36.4 Å². The van der Waals surface area contributed by atoms with Crippen LogP contribution >= 0.6 is 0 Å². The summed E-state index contributed by atoms with van der Waals surface area (Å²) in [5.41, 5.74) is 3.79. The zero-order valence-corrected chi connectivity index (χ0v) is 12.1. The van der Waals surface area contributed by atoms with Gasteiger partial charge < -0.3 is 5.32 Å². The highest BCUT2D eigenvalue weighted by Gasteiger charge is 2.13. The maximum atomic E-state index is 4.52. The number of nitrogens with zero attached hydrogens (tertiary/aromatic N) is 2. The van der Waals surface area contributed by atoms with Crippen LogP contribution in [0.1, 0.15) is 36.8 Å². The molecule has 2 rings (SSSR count). The van der Waals surface area contributed by atoms with Crippen LogP contribution in [-0.4, -0.2) is 16.3 Å². The van der Waals surface area contributed by atoms with Crippen molar-refractivity contribution in [1.82, 2.24) is 15.1 Å². The Bertz CT molecular complexity index is 502. The highest BCUT2D eigenvalue weighted by Crippen LogP contribution is 2.18. The second-order valence-electron chi connectivity index (χ2n) is 4.83. The van der Waals surface area contributed by atoms with Gasteiger partial charge in [-0.3, -0.25) is 4.68 Å². The largest absolute Gasteiger partial charge is 0.310 e. The Morgan fingerprint density at radius 2 is 1.95 bits per heavy atom. The van der Waals surface area contributed by atoms with Crippen molar-refractivity contribution in [3.8, 4) is 0 Å². The summed E-state index contributed by atoms with van der Waals surface area (Å²) in [4.78, 5) is 0. The van der Waals surface area contributed by atoms with Gasteiger partial charge in [-0.2, -0.15) is 5.10 Å². The zero-order chi connectivity index (χ0) is 13.7. The fourth-order valence-electron chi connectivity index (χ4n) is 2.38. The molecule has 1 aromatic carbocycles. The SMILES string of the molecule is CCNC(Cc1cc(CC)nn1C)c1ccccc1. The molecule has 1 N–H and O–H groups in total. The molecule has 0 amide bonds. The van der Waals surface area contributed by atoms with Gasteiger partial charge in [0, 0.05) is 25.2 Å². The van der Waals surface area contributed by atoms with Crippen LogP contribution in [-0.2, 0) is 19.9 Å². The number of rotatable bonds is 6. The van der Waals surface area contributed by atoms with Crippen LogP contribution in [0.25, 0.3) is 0 Å². The standard InChI is InChI=1S/C16H23N3/c1-4-14-11-15(19(3)18-14)12-16(17-5-2)13-9-7-6-8-10-13/h6-11,16-17H,4-5,12H2,1-3H3. The minimum absolute atomic E-state index is 0.353. The molecule has 19 heavy (non-hydrogen) atoms. The molecule has 0 aliphatic rings. The van der Waals surface area contributed by atoms with Crippen molar-refractivity contribution in [3.05, 3.63) is 53.3 Å². The minimum atomic E-state index is 0.353. The summed E-state index contributed by atoms with van der Waals surface area (Å²) in [6, 6.07) is 13.2. The van der Waals surface area contributed by atoms with Gasteiger partial charge in [-0.25, -0.2) is 0 Å². The van der Waals surface area contributed by atoms with E-state index >= 15 is 0 Å². The molecular formula is C16H23N3. The Balaban J connectivity index is 2.18. The van der Waals surface area contributed by atoms with Crippen molar-refractivity contribution in [2.24, 2.45) is 7.05 Å². The van der Waals surface area contributed by atoms with E-state index in [1.807, 2.05) is 11.7 Å². The quantitative estimate of drug-likeness (QED) is 0.862. The first-order chi connectivity index (χ1) is 9.24. The predicted molar refractivity (Wildman–Crippen MR) is 79.1 cm³/mol. The van der Waals surface area contributed by atoms with E-state index in [1.165, 1.54) is 17.0 Å². The highest BCUT2D eigenvalue weighted by molar-refractivity contribution is 5.22. The molecule has 1 aromatic heterocycles. The summed E-state index contributed by atoms with van der Waals surface area (Å²) in [7, 11) is 2.03. The maximum Gasteiger partial charge on any atom is 0.0624 e. The average Bonchev–Trinajstić information content (AvgIpc) is 2.80. The van der Waals surface area contributed by atoms with Gasteiger partial charge >= 0.3 is 0 Å². The zero-order valence-electron chi connectivity index (χ0n) is 12.1. The van der Waals surface area contributed by atoms with Crippen LogP contribution in [0.4, 0.5) is 0 Å². The molecule has 3 heteroatoms. The van der Waals surface area contributed by atoms with Gasteiger partial charge in [0.1, 0.15) is 0 Å². The molecule has 0 spiro atoms. The Kier molecular flexibility index (Phi) is 4.74. The van der Waals surface area contributed by atoms with Gasteiger partial charge in [0.15, 0.2) is 0 Å². The fourth-order valence-corrected chi connectivity index (χ4v) is 2.38. The Morgan fingerprint density at radius 3 is 2.53 bits per heavy atom. The molecule has 0 aliphatic carbocycles. The number of hydrogen-bond donors (Lipinski definition) is 1. The highest BCUT2D eigenvalue weighted by atomic mass is 15.3. The third-order valence-corrected chi connectivity index (χ3v) is 3.46. The van der Waals surface area contributed by atoms with Crippen LogP contribution in [0.5, 0.6) is 0 Å². The molecule has 1 heterocycles. The van der Waals surface area contributed by atoms with Crippen LogP contribution in [0, 0.1) is 0 Å². The lowest BCUT2D eigenvalue weighted by molar-refractivity contribution is 0.528. The van der Waals surface area contributed by atoms with E-state index in [2.05, 4.69) is 60.7 Å². The third-order valence-electron chi connectivity index (χ3n) is 3.46. The van der Waals surface area contributed by atoms with Gasteiger partial charge in [0.05, 0.1) is 5.69 Å². The molecule has 1 atom stereocenters. The van der Waals surface area contributed by atoms with E-state index in [0.717, 1.165) is 19.4 Å². The van der Waals surface area contributed by atoms with Gasteiger partial charge in [-0.1, -0.05) is 44.2 Å². The number of aromatic nitrogens is 2. The summed E-state index contributed by atoms with van der Waals surface area (Å²) in [6.07, 6.45) is 1.96. The van der Waals surface area contributed by atoms with Gasteiger partial charge in [-0.15, -0.1) is 0 Å². The Morgan fingerprint density at radius 1 is 1.21 bits per heavy atom. The van der Waals surface area contributed by atoms with E-state index in [4.69, 9.17) is 0 Å². The van der Waals surface area contributed by atoms with Crippen molar-refractivity contribution < 1.29 is 0 Å². The van der Waals surface area contributed by atoms with Crippen molar-refractivity contribution in [3.63, 3.8) is 0 Å². The monoisotopic (exact) mass is 257 g/mol. The van der Waals surface area contributed by atoms with Crippen molar-refractivity contribution in [1.29, 1.82) is 0 Å². The molecule has 102 valence electrons. The van der Waals surface area contributed by atoms with Gasteiger partial charge in [0.25, 0.3) is 0 Å². The van der Waals surface area contributed by atoms with Gasteiger partial charge in [-0.05, 0) is 24.6 Å². The predicted octanol–water partition coefficient (Wildman–Crippen LogP) is 2.88. The van der Waals surface area contributed by atoms with Crippen LogP contribution < -0.4 is 5.32 Å². The first kappa shape index (κ1) is 13.8. The first-order valence-electron chi connectivity index (χ1n) is 7.04. The van der Waals surface area contributed by atoms with E-state index in [1.54, 1.807) is 0 Å². The maximum absolute atomic E-state index is 4.52. The molecule has 1 unspecified atom stereocenters. The Hall–Kier alpha value is -1.61. The lowest BCUT2D eigenvalue weighted by atomic mass is 10.0. The molecular weight excluding hydrogens is 234 g/mol. The molecule has 0 fully saturated rings. The van der Waals surface area contributed by atoms with Crippen LogP contribution in [0.2, 0.25) is 0 Å². The average molecular weight is 257 g/mol. The summed E-state index contributed by atoms with van der Waals surface area (Å²) < 4.78 is 2.01. The van der Waals surface area contributed by atoms with Crippen molar-refractivity contribution in [2.45, 2.75) is 32.7 Å². The fraction of sp³-hybridized carbons (Fsp3) is 0.438. The Labute approximate surface area is 115 Å². The third kappa shape index (κ3) is 3.44. The molecule has 0 aliphatic heterocycles. The number of aryl methyl sites for hydroxylation is 2. The summed E-state index contributed by atoms with van der Waals surface area (Å²) in [5, 5.41) is 8.09. The minimum Gasteiger partial charge on any atom is -0.310 e. The molecule has 0 bridgehead atoms. The second-order valence-corrected chi connectivity index (χ2v) is 4.83. The van der Waals surface area contributed by atoms with Crippen molar-refractivity contribution in [2.75, 3.05) is 6.54 Å². The van der Waals surface area contributed by atoms with E-state index in [0.29, 0.717) is 6.04 Å². The lowest BCUT2D eigenvalue weighted by Crippen LogP contribution is -2.23. The molecule has 2 aromatic rings. The molecule has 0 saturated heterocycles. The van der Waals surface area contributed by atoms with E-state index < -0.39 is 0 Å². The normalized spacial score (nSPS) is 12.6. The lowest BCUT2D eigenvalue weighted by Gasteiger charge is -2.18. The summed E-state index contributed by atoms with van der Waals surface area (Å²) >= 11 is 0. The number of likely N-dealkylation sites (N-methyl/N-ethyl adjacent to an activating group) is 1. The summed E-state index contributed by atoms with van der Waals surface area (Å²) in [6.45, 7) is 5.26. The number of hydrogen-bond acceptors (Lipinski definition) is 2. The molecule has 0 radical (unpaired) electrons. The summed E-state index contributed by atoms with van der Waals surface area (Å²) in [5.74, 6) is 0. The van der Waals surface area contributed by atoms with E-state index in [-0.39, 0.29) is 0 Å². The second kappa shape index (κ2) is 6.53.